The Morgan fingerprint density at radius 1 is 1.53 bits per heavy atom. The molecule has 0 amide bonds. The van der Waals surface area contributed by atoms with Gasteiger partial charge in [0.2, 0.25) is 0 Å². The van der Waals surface area contributed by atoms with Gasteiger partial charge in [0.1, 0.15) is 5.69 Å². The minimum atomic E-state index is -0.387. The molecule has 0 fully saturated rings. The summed E-state index contributed by atoms with van der Waals surface area (Å²) in [6, 6.07) is 5.00. The smallest absolute Gasteiger partial charge is 0.292 e. The van der Waals surface area contributed by atoms with Crippen molar-refractivity contribution in [3.05, 3.63) is 52.1 Å². The van der Waals surface area contributed by atoms with Gasteiger partial charge < -0.3 is 10.3 Å². The maximum atomic E-state index is 10.9. The van der Waals surface area contributed by atoms with E-state index in [1.807, 2.05) is 13.0 Å². The average molecular weight is 232 g/mol. The first-order valence-electron chi connectivity index (χ1n) is 5.13. The summed E-state index contributed by atoms with van der Waals surface area (Å²) in [5.41, 5.74) is 2.36. The first-order chi connectivity index (χ1) is 8.18. The number of benzene rings is 1. The van der Waals surface area contributed by atoms with Crippen molar-refractivity contribution in [3.8, 4) is 0 Å². The summed E-state index contributed by atoms with van der Waals surface area (Å²) in [6.45, 7) is 2.31. The van der Waals surface area contributed by atoms with Gasteiger partial charge in [0.05, 0.1) is 23.5 Å². The highest BCUT2D eigenvalue weighted by Crippen LogP contribution is 2.27. The topological polar surface area (TPSA) is 83.8 Å². The van der Waals surface area contributed by atoms with Crippen LogP contribution in [0.1, 0.15) is 11.3 Å². The van der Waals surface area contributed by atoms with Crippen LogP contribution in [0.3, 0.4) is 0 Å². The van der Waals surface area contributed by atoms with E-state index in [0.29, 0.717) is 12.2 Å². The van der Waals surface area contributed by atoms with Crippen LogP contribution in [-0.2, 0) is 6.54 Å². The summed E-state index contributed by atoms with van der Waals surface area (Å²) >= 11 is 0. The fourth-order valence-corrected chi connectivity index (χ4v) is 1.60. The van der Waals surface area contributed by atoms with Gasteiger partial charge in [-0.1, -0.05) is 12.1 Å². The van der Waals surface area contributed by atoms with Gasteiger partial charge in [-0.2, -0.15) is 0 Å². The van der Waals surface area contributed by atoms with Crippen molar-refractivity contribution >= 4 is 11.4 Å². The monoisotopic (exact) mass is 232 g/mol. The number of aromatic nitrogens is 2. The van der Waals surface area contributed by atoms with Crippen LogP contribution < -0.4 is 5.32 Å². The lowest BCUT2D eigenvalue weighted by Gasteiger charge is -2.08. The SMILES string of the molecule is Cc1cccc([N+](=O)[O-])c1NCc1cnc[nH]1. The second-order valence-corrected chi connectivity index (χ2v) is 3.66. The maximum absolute atomic E-state index is 10.9. The lowest BCUT2D eigenvalue weighted by atomic mass is 10.1. The Balaban J connectivity index is 2.22. The highest BCUT2D eigenvalue weighted by molar-refractivity contribution is 5.65. The van der Waals surface area contributed by atoms with Gasteiger partial charge in [-0.05, 0) is 12.5 Å². The molecule has 1 aromatic heterocycles. The minimum Gasteiger partial charge on any atom is -0.374 e. The van der Waals surface area contributed by atoms with E-state index in [4.69, 9.17) is 0 Å². The molecule has 2 aromatic rings. The molecule has 0 aliphatic rings. The quantitative estimate of drug-likeness (QED) is 0.625. The van der Waals surface area contributed by atoms with Crippen molar-refractivity contribution in [1.82, 2.24) is 9.97 Å². The average Bonchev–Trinajstić information content (AvgIpc) is 2.80. The fraction of sp³-hybridized carbons (Fsp3) is 0.182. The van der Waals surface area contributed by atoms with Crippen LogP contribution in [0.2, 0.25) is 0 Å². The summed E-state index contributed by atoms with van der Waals surface area (Å²) in [4.78, 5) is 17.3. The van der Waals surface area contributed by atoms with E-state index < -0.39 is 0 Å². The van der Waals surface area contributed by atoms with Crippen LogP contribution in [0.5, 0.6) is 0 Å². The van der Waals surface area contributed by atoms with E-state index in [-0.39, 0.29) is 10.6 Å². The third kappa shape index (κ3) is 2.41. The molecule has 0 aliphatic heterocycles. The molecule has 6 heteroatoms. The minimum absolute atomic E-state index is 0.0875. The third-order valence-electron chi connectivity index (χ3n) is 2.46. The molecule has 88 valence electrons. The van der Waals surface area contributed by atoms with E-state index in [2.05, 4.69) is 15.3 Å². The summed E-state index contributed by atoms with van der Waals surface area (Å²) in [5, 5.41) is 13.9. The van der Waals surface area contributed by atoms with Gasteiger partial charge in [-0.3, -0.25) is 10.1 Å². The highest BCUT2D eigenvalue weighted by Gasteiger charge is 2.14. The van der Waals surface area contributed by atoms with Gasteiger partial charge >= 0.3 is 0 Å². The Bertz CT molecular complexity index is 522. The predicted octanol–water partition coefficient (Wildman–Crippen LogP) is 2.24. The number of aryl methyl sites for hydroxylation is 1. The first kappa shape index (κ1) is 11.1. The number of nitrogens with zero attached hydrogens (tertiary/aromatic N) is 2. The number of para-hydroxylation sites is 1. The zero-order valence-corrected chi connectivity index (χ0v) is 9.30. The molecule has 6 nitrogen and oxygen atoms in total. The number of nitrogens with one attached hydrogen (secondary N) is 2. The first-order valence-corrected chi connectivity index (χ1v) is 5.13. The molecule has 0 saturated heterocycles. The molecule has 0 radical (unpaired) electrons. The standard InChI is InChI=1S/C11H12N4O2/c1-8-3-2-4-10(15(16)17)11(8)13-6-9-5-12-7-14-9/h2-5,7,13H,6H2,1H3,(H,12,14). The molecule has 0 atom stereocenters. The summed E-state index contributed by atoms with van der Waals surface area (Å²) in [6.07, 6.45) is 3.25. The number of imidazole rings is 1. The Kier molecular flexibility index (Phi) is 3.04. The maximum Gasteiger partial charge on any atom is 0.292 e. The molecule has 2 N–H and O–H groups in total. The number of anilines is 1. The van der Waals surface area contributed by atoms with Gasteiger partial charge in [-0.15, -0.1) is 0 Å². The van der Waals surface area contributed by atoms with E-state index >= 15 is 0 Å². The Labute approximate surface area is 97.9 Å². The second kappa shape index (κ2) is 4.65. The van der Waals surface area contributed by atoms with Gasteiger partial charge in [0.15, 0.2) is 0 Å². The molecule has 1 heterocycles. The third-order valence-corrected chi connectivity index (χ3v) is 2.46. The molecule has 1 aromatic carbocycles. The van der Waals surface area contributed by atoms with E-state index in [0.717, 1.165) is 11.3 Å². The van der Waals surface area contributed by atoms with Crippen LogP contribution in [0, 0.1) is 17.0 Å². The van der Waals surface area contributed by atoms with Crippen LogP contribution in [0.4, 0.5) is 11.4 Å². The van der Waals surface area contributed by atoms with Gasteiger partial charge in [-0.25, -0.2) is 4.98 Å². The number of nitro benzene ring substituents is 1. The summed E-state index contributed by atoms with van der Waals surface area (Å²) in [5.74, 6) is 0. The normalized spacial score (nSPS) is 10.2. The molecule has 0 unspecified atom stereocenters. The number of hydrogen-bond acceptors (Lipinski definition) is 4. The van der Waals surface area contributed by atoms with Gasteiger partial charge in [0, 0.05) is 12.3 Å². The zero-order chi connectivity index (χ0) is 12.3. The van der Waals surface area contributed by atoms with Crippen molar-refractivity contribution in [2.45, 2.75) is 13.5 Å². The lowest BCUT2D eigenvalue weighted by Crippen LogP contribution is -2.04. The molecule has 17 heavy (non-hydrogen) atoms. The van der Waals surface area contributed by atoms with Crippen LogP contribution >= 0.6 is 0 Å². The van der Waals surface area contributed by atoms with Crippen molar-refractivity contribution in [2.75, 3.05) is 5.32 Å². The largest absolute Gasteiger partial charge is 0.374 e. The van der Waals surface area contributed by atoms with Crippen LogP contribution in [-0.4, -0.2) is 14.9 Å². The summed E-state index contributed by atoms with van der Waals surface area (Å²) in [7, 11) is 0. The van der Waals surface area contributed by atoms with Crippen LogP contribution in [0.25, 0.3) is 0 Å². The number of rotatable bonds is 4. The molecule has 0 aliphatic carbocycles. The van der Waals surface area contributed by atoms with Crippen molar-refractivity contribution in [1.29, 1.82) is 0 Å². The molecule has 2 rings (SSSR count). The molecular formula is C11H12N4O2. The molecule has 0 spiro atoms. The Morgan fingerprint density at radius 2 is 2.35 bits per heavy atom. The Hall–Kier alpha value is -2.37. The zero-order valence-electron chi connectivity index (χ0n) is 9.30. The van der Waals surface area contributed by atoms with Crippen molar-refractivity contribution < 1.29 is 4.92 Å². The number of H-pyrrole nitrogens is 1. The van der Waals surface area contributed by atoms with E-state index in [9.17, 15) is 10.1 Å². The van der Waals surface area contributed by atoms with E-state index in [1.165, 1.54) is 6.07 Å². The Morgan fingerprint density at radius 3 is 3.00 bits per heavy atom. The van der Waals surface area contributed by atoms with Crippen LogP contribution in [0.15, 0.2) is 30.7 Å². The predicted molar refractivity (Wildman–Crippen MR) is 63.7 cm³/mol. The number of hydrogen-bond donors (Lipinski definition) is 2. The molecular weight excluding hydrogens is 220 g/mol. The highest BCUT2D eigenvalue weighted by atomic mass is 16.6. The molecule has 0 saturated carbocycles. The van der Waals surface area contributed by atoms with Crippen molar-refractivity contribution in [3.63, 3.8) is 0 Å². The lowest BCUT2D eigenvalue weighted by molar-refractivity contribution is -0.384. The van der Waals surface area contributed by atoms with Crippen molar-refractivity contribution in [2.24, 2.45) is 0 Å². The number of aromatic amines is 1. The second-order valence-electron chi connectivity index (χ2n) is 3.66. The number of nitro groups is 1. The van der Waals surface area contributed by atoms with E-state index in [1.54, 1.807) is 18.6 Å². The van der Waals surface area contributed by atoms with Gasteiger partial charge in [0.25, 0.3) is 5.69 Å². The fourth-order valence-electron chi connectivity index (χ4n) is 1.60. The molecule has 0 bridgehead atoms. The summed E-state index contributed by atoms with van der Waals surface area (Å²) < 4.78 is 0.